The Morgan fingerprint density at radius 2 is 1.74 bits per heavy atom. The predicted octanol–water partition coefficient (Wildman–Crippen LogP) is 1.66. The molecule has 1 aromatic carbocycles. The van der Waals surface area contributed by atoms with Gasteiger partial charge in [-0.1, -0.05) is 12.1 Å². The van der Waals surface area contributed by atoms with E-state index in [1.807, 2.05) is 24.3 Å². The lowest BCUT2D eigenvalue weighted by Gasteiger charge is -2.34. The highest BCUT2D eigenvalue weighted by Gasteiger charge is 2.38. The summed E-state index contributed by atoms with van der Waals surface area (Å²) in [7, 11) is 4.68. The van der Waals surface area contributed by atoms with E-state index in [1.54, 1.807) is 14.2 Å². The molecule has 4 rings (SSSR count). The first-order chi connectivity index (χ1) is 12.9. The molecule has 7 nitrogen and oxygen atoms in total. The number of carbonyl (C=O) groups is 1. The molecule has 1 unspecified atom stereocenters. The number of Topliss-reactive ketones (excluding diaryl/α,β-unsaturated/α-hetero) is 1. The van der Waals surface area contributed by atoms with E-state index in [0.717, 1.165) is 28.7 Å². The third-order valence-corrected chi connectivity index (χ3v) is 5.45. The minimum absolute atomic E-state index is 0.0473. The van der Waals surface area contributed by atoms with Crippen molar-refractivity contribution in [1.29, 1.82) is 0 Å². The van der Waals surface area contributed by atoms with Crippen molar-refractivity contribution < 1.29 is 9.53 Å². The maximum Gasteiger partial charge on any atom is 0.332 e. The molecular formula is C20H21N3O4. The van der Waals surface area contributed by atoms with Gasteiger partial charge >= 0.3 is 5.69 Å². The molecule has 0 fully saturated rings. The Balaban J connectivity index is 2.04. The van der Waals surface area contributed by atoms with E-state index in [4.69, 9.17) is 4.74 Å². The summed E-state index contributed by atoms with van der Waals surface area (Å²) in [6.07, 6.45) is 1.94. The fourth-order valence-electron chi connectivity index (χ4n) is 4.03. The lowest BCUT2D eigenvalue weighted by Crippen LogP contribution is -2.44. The predicted molar refractivity (Wildman–Crippen MR) is 101 cm³/mol. The van der Waals surface area contributed by atoms with Crippen LogP contribution in [0.3, 0.4) is 0 Å². The third kappa shape index (κ3) is 2.53. The van der Waals surface area contributed by atoms with Crippen LogP contribution in [0.5, 0.6) is 5.75 Å². The molecule has 0 saturated heterocycles. The Kier molecular flexibility index (Phi) is 4.02. The van der Waals surface area contributed by atoms with Gasteiger partial charge < -0.3 is 10.1 Å². The highest BCUT2D eigenvalue weighted by molar-refractivity contribution is 6.00. The lowest BCUT2D eigenvalue weighted by atomic mass is 9.76. The number of fused-ring (bicyclic) bond motifs is 1. The summed E-state index contributed by atoms with van der Waals surface area (Å²) in [6.45, 7) is 0. The Labute approximate surface area is 155 Å². The fraction of sp³-hybridized carbons (Fsp3) is 0.350. The van der Waals surface area contributed by atoms with Crippen LogP contribution in [0, 0.1) is 0 Å². The number of ether oxygens (including phenoxy) is 1. The van der Waals surface area contributed by atoms with Crippen molar-refractivity contribution in [3.63, 3.8) is 0 Å². The number of carbonyl (C=O) groups excluding carboxylic acids is 1. The number of hydrogen-bond acceptors (Lipinski definition) is 5. The topological polar surface area (TPSA) is 82.3 Å². The monoisotopic (exact) mass is 367 g/mol. The highest BCUT2D eigenvalue weighted by Crippen LogP contribution is 2.43. The summed E-state index contributed by atoms with van der Waals surface area (Å²) in [6, 6.07) is 7.37. The van der Waals surface area contributed by atoms with E-state index < -0.39 is 11.6 Å². The zero-order chi connectivity index (χ0) is 19.3. The number of hydrogen-bond donors (Lipinski definition) is 1. The van der Waals surface area contributed by atoms with Crippen molar-refractivity contribution in [1.82, 2.24) is 9.13 Å². The summed E-state index contributed by atoms with van der Waals surface area (Å²) >= 11 is 0. The van der Waals surface area contributed by atoms with Crippen LogP contribution in [0.25, 0.3) is 0 Å². The number of anilines is 1. The average Bonchev–Trinajstić information content (AvgIpc) is 2.69. The molecule has 27 heavy (non-hydrogen) atoms. The third-order valence-electron chi connectivity index (χ3n) is 5.45. The van der Waals surface area contributed by atoms with Gasteiger partial charge in [0.05, 0.1) is 12.7 Å². The first kappa shape index (κ1) is 17.3. The minimum atomic E-state index is -0.500. The maximum absolute atomic E-state index is 13.0. The van der Waals surface area contributed by atoms with Gasteiger partial charge in [-0.2, -0.15) is 0 Å². The quantitative estimate of drug-likeness (QED) is 0.873. The molecule has 1 aromatic heterocycles. The van der Waals surface area contributed by atoms with Crippen molar-refractivity contribution in [3.8, 4) is 5.75 Å². The first-order valence-corrected chi connectivity index (χ1v) is 8.91. The summed E-state index contributed by atoms with van der Waals surface area (Å²) < 4.78 is 7.76. The molecule has 1 aliphatic heterocycles. The van der Waals surface area contributed by atoms with Gasteiger partial charge in [-0.3, -0.25) is 18.7 Å². The van der Waals surface area contributed by atoms with Gasteiger partial charge in [0.25, 0.3) is 5.56 Å². The molecule has 2 heterocycles. The number of nitrogens with zero attached hydrogens (tertiary/aromatic N) is 2. The number of benzene rings is 1. The van der Waals surface area contributed by atoms with E-state index in [-0.39, 0.29) is 11.3 Å². The second-order valence-electron chi connectivity index (χ2n) is 6.97. The Hall–Kier alpha value is -3.09. The van der Waals surface area contributed by atoms with Gasteiger partial charge in [0.15, 0.2) is 5.78 Å². The maximum atomic E-state index is 13.0. The van der Waals surface area contributed by atoms with Gasteiger partial charge in [0, 0.05) is 37.7 Å². The second kappa shape index (κ2) is 6.26. The number of allylic oxidation sites excluding steroid dienone is 2. The minimum Gasteiger partial charge on any atom is -0.497 e. The molecule has 0 bridgehead atoms. The summed E-state index contributed by atoms with van der Waals surface area (Å²) in [5.41, 5.74) is 1.92. The standard InChI is InChI=1S/C20H21N3O4/c1-22-18-17(19(25)23(2)20(22)26)15(11-7-9-12(27-3)10-8-11)16-13(21-18)5-4-6-14(16)24/h7-10,15,21H,4-6H2,1-3H3. The molecule has 0 saturated carbocycles. The Morgan fingerprint density at radius 3 is 2.41 bits per heavy atom. The number of nitrogens with one attached hydrogen (secondary N) is 1. The zero-order valence-corrected chi connectivity index (χ0v) is 15.5. The molecule has 1 atom stereocenters. The number of ketones is 1. The Morgan fingerprint density at radius 1 is 1.04 bits per heavy atom. The van der Waals surface area contributed by atoms with Crippen LogP contribution in [0.15, 0.2) is 45.1 Å². The smallest absolute Gasteiger partial charge is 0.332 e. The molecule has 7 heteroatoms. The molecule has 2 aliphatic rings. The normalized spacial score (nSPS) is 18.6. The number of aromatic nitrogens is 2. The van der Waals surface area contributed by atoms with E-state index in [2.05, 4.69) is 5.32 Å². The van der Waals surface area contributed by atoms with Crippen molar-refractivity contribution in [2.45, 2.75) is 25.2 Å². The van der Waals surface area contributed by atoms with Crippen LogP contribution in [0.1, 0.15) is 36.3 Å². The van der Waals surface area contributed by atoms with Crippen molar-refractivity contribution in [2.75, 3.05) is 12.4 Å². The number of rotatable bonds is 2. The Bertz CT molecular complexity index is 1090. The van der Waals surface area contributed by atoms with Crippen LogP contribution in [0.4, 0.5) is 5.82 Å². The molecule has 140 valence electrons. The van der Waals surface area contributed by atoms with Crippen molar-refractivity contribution in [3.05, 3.63) is 67.5 Å². The lowest BCUT2D eigenvalue weighted by molar-refractivity contribution is -0.116. The highest BCUT2D eigenvalue weighted by atomic mass is 16.5. The van der Waals surface area contributed by atoms with Crippen LogP contribution >= 0.6 is 0 Å². The van der Waals surface area contributed by atoms with Gasteiger partial charge in [-0.15, -0.1) is 0 Å². The molecule has 0 spiro atoms. The van der Waals surface area contributed by atoms with Gasteiger partial charge in [0.2, 0.25) is 0 Å². The number of methoxy groups -OCH3 is 1. The largest absolute Gasteiger partial charge is 0.497 e. The van der Waals surface area contributed by atoms with Gasteiger partial charge in [-0.05, 0) is 30.5 Å². The van der Waals surface area contributed by atoms with Gasteiger partial charge in [0.1, 0.15) is 11.6 Å². The molecule has 1 aliphatic carbocycles. The van der Waals surface area contributed by atoms with E-state index in [0.29, 0.717) is 29.1 Å². The zero-order valence-electron chi connectivity index (χ0n) is 15.5. The SMILES string of the molecule is COc1ccc(C2C3=C(CCCC3=O)Nc3c2c(=O)n(C)c(=O)n3C)cc1. The van der Waals surface area contributed by atoms with Crippen LogP contribution < -0.4 is 21.3 Å². The fourth-order valence-corrected chi connectivity index (χ4v) is 4.03. The molecule has 1 N–H and O–H groups in total. The first-order valence-electron chi connectivity index (χ1n) is 8.91. The van der Waals surface area contributed by atoms with E-state index >= 15 is 0 Å². The average molecular weight is 367 g/mol. The van der Waals surface area contributed by atoms with Crippen LogP contribution in [-0.4, -0.2) is 22.0 Å². The van der Waals surface area contributed by atoms with Gasteiger partial charge in [-0.25, -0.2) is 4.79 Å². The molecular weight excluding hydrogens is 346 g/mol. The summed E-state index contributed by atoms with van der Waals surface area (Å²) in [5, 5.41) is 3.21. The molecule has 0 amide bonds. The second-order valence-corrected chi connectivity index (χ2v) is 6.97. The van der Waals surface area contributed by atoms with E-state index in [1.165, 1.54) is 11.6 Å². The van der Waals surface area contributed by atoms with Crippen molar-refractivity contribution in [2.24, 2.45) is 14.1 Å². The van der Waals surface area contributed by atoms with E-state index in [9.17, 15) is 14.4 Å². The summed E-state index contributed by atoms with van der Waals surface area (Å²) in [4.78, 5) is 38.2. The molecule has 2 aromatic rings. The molecule has 0 radical (unpaired) electrons. The summed E-state index contributed by atoms with van der Waals surface area (Å²) in [5.74, 6) is 0.717. The van der Waals surface area contributed by atoms with Crippen molar-refractivity contribution >= 4 is 11.6 Å². The van der Waals surface area contributed by atoms with Crippen LogP contribution in [0.2, 0.25) is 0 Å². The van der Waals surface area contributed by atoms with Crippen LogP contribution in [-0.2, 0) is 18.9 Å².